The van der Waals surface area contributed by atoms with E-state index in [0.29, 0.717) is 5.92 Å². The summed E-state index contributed by atoms with van der Waals surface area (Å²) in [4.78, 5) is 12.4. The molecule has 8 aliphatic carbocycles. The first kappa shape index (κ1) is 14.2. The number of allylic oxidation sites excluding steroid dienone is 2. The van der Waals surface area contributed by atoms with Crippen LogP contribution in [-0.2, 0) is 9.53 Å². The molecule has 0 saturated heterocycles. The smallest absolute Gasteiger partial charge is 0.308 e. The molecule has 2 nitrogen and oxygen atoms in total. The van der Waals surface area contributed by atoms with Crippen molar-refractivity contribution in [2.75, 3.05) is 7.11 Å². The third kappa shape index (κ3) is 1.29. The van der Waals surface area contributed by atoms with Gasteiger partial charge in [-0.15, -0.1) is 0 Å². The molecule has 7 fully saturated rings. The van der Waals surface area contributed by atoms with E-state index in [1.54, 1.807) is 20.0 Å². The van der Waals surface area contributed by atoms with Crippen LogP contribution in [0.5, 0.6) is 0 Å². The molecule has 0 aromatic rings. The first-order valence-electron chi connectivity index (χ1n) is 11.5. The van der Waals surface area contributed by atoms with E-state index in [2.05, 4.69) is 12.2 Å². The standard InChI is InChI=1S/C24H30O2/c1-26-24(25)13-6-11-5-12(13)21-17-8-16(20(11)21)22-14-7-15(23(17)22)19-10-3-2-9(4-10)18(14)19/h2-3,9-23H,4-8H2,1H3. The molecule has 0 aliphatic heterocycles. The van der Waals surface area contributed by atoms with Crippen molar-refractivity contribution in [3.63, 3.8) is 0 Å². The Hall–Kier alpha value is -0.790. The Morgan fingerprint density at radius 2 is 1.27 bits per heavy atom. The van der Waals surface area contributed by atoms with Crippen LogP contribution in [0.2, 0.25) is 0 Å². The van der Waals surface area contributed by atoms with Gasteiger partial charge in [-0.25, -0.2) is 0 Å². The van der Waals surface area contributed by atoms with Gasteiger partial charge in [0.25, 0.3) is 0 Å². The number of hydrogen-bond donors (Lipinski definition) is 0. The lowest BCUT2D eigenvalue weighted by atomic mass is 9.54. The van der Waals surface area contributed by atoms with E-state index in [0.717, 1.165) is 83.4 Å². The van der Waals surface area contributed by atoms with Gasteiger partial charge in [0.1, 0.15) is 0 Å². The second-order valence-corrected chi connectivity index (χ2v) is 11.6. The topological polar surface area (TPSA) is 26.3 Å². The fraction of sp³-hybridized carbons (Fsp3) is 0.875. The van der Waals surface area contributed by atoms with Gasteiger partial charge in [-0.3, -0.25) is 4.79 Å². The number of hydrogen-bond acceptors (Lipinski definition) is 2. The molecule has 8 aliphatic rings. The lowest BCUT2D eigenvalue weighted by Gasteiger charge is -2.50. The van der Waals surface area contributed by atoms with Crippen molar-refractivity contribution in [1.29, 1.82) is 0 Å². The monoisotopic (exact) mass is 350 g/mol. The average Bonchev–Trinajstić information content (AvgIpc) is 3.46. The van der Waals surface area contributed by atoms with Crippen molar-refractivity contribution in [2.24, 2.45) is 88.8 Å². The Morgan fingerprint density at radius 1 is 0.692 bits per heavy atom. The molecule has 0 aromatic heterocycles. The third-order valence-corrected chi connectivity index (χ3v) is 11.7. The van der Waals surface area contributed by atoms with Gasteiger partial charge < -0.3 is 4.74 Å². The number of esters is 1. The van der Waals surface area contributed by atoms with E-state index in [-0.39, 0.29) is 11.9 Å². The molecule has 7 saturated carbocycles. The van der Waals surface area contributed by atoms with Gasteiger partial charge in [-0.1, -0.05) is 12.2 Å². The van der Waals surface area contributed by atoms with E-state index < -0.39 is 0 Å². The molecule has 8 bridgehead atoms. The Morgan fingerprint density at radius 3 is 1.92 bits per heavy atom. The molecule has 15 unspecified atom stereocenters. The summed E-state index contributed by atoms with van der Waals surface area (Å²) < 4.78 is 5.20. The second-order valence-electron chi connectivity index (χ2n) is 11.6. The lowest BCUT2D eigenvalue weighted by Crippen LogP contribution is -2.47. The highest BCUT2D eigenvalue weighted by atomic mass is 16.5. The van der Waals surface area contributed by atoms with Crippen LogP contribution < -0.4 is 0 Å². The highest BCUT2D eigenvalue weighted by molar-refractivity contribution is 5.73. The molecule has 15 atom stereocenters. The summed E-state index contributed by atoms with van der Waals surface area (Å²) in [6.45, 7) is 0. The maximum absolute atomic E-state index is 12.4. The molecule has 0 radical (unpaired) electrons. The molecule has 0 amide bonds. The molecule has 0 N–H and O–H groups in total. The van der Waals surface area contributed by atoms with Crippen LogP contribution in [0.1, 0.15) is 32.1 Å². The SMILES string of the molecule is COC(=O)C1CC2CC1C1C3CC(C21)C1C2CC(C4C5C=CC(C5)C24)C31. The second kappa shape index (κ2) is 4.28. The first-order valence-corrected chi connectivity index (χ1v) is 11.5. The number of methoxy groups -OCH3 is 1. The molecule has 0 spiro atoms. The van der Waals surface area contributed by atoms with Crippen LogP contribution in [0.15, 0.2) is 12.2 Å². The van der Waals surface area contributed by atoms with Crippen LogP contribution in [0.25, 0.3) is 0 Å². The third-order valence-electron chi connectivity index (χ3n) is 11.7. The predicted molar refractivity (Wildman–Crippen MR) is 96.6 cm³/mol. The number of ether oxygens (including phenoxy) is 1. The zero-order valence-electron chi connectivity index (χ0n) is 15.7. The maximum atomic E-state index is 12.4. The predicted octanol–water partition coefficient (Wildman–Crippen LogP) is 4.02. The summed E-state index contributed by atoms with van der Waals surface area (Å²) in [7, 11) is 1.60. The van der Waals surface area contributed by atoms with Crippen molar-refractivity contribution in [1.82, 2.24) is 0 Å². The summed E-state index contributed by atoms with van der Waals surface area (Å²) in [5.74, 6) is 14.2. The van der Waals surface area contributed by atoms with Gasteiger partial charge in [0.2, 0.25) is 0 Å². The van der Waals surface area contributed by atoms with Gasteiger partial charge >= 0.3 is 5.97 Å². The Kier molecular flexibility index (Phi) is 2.34. The quantitative estimate of drug-likeness (QED) is 0.406. The maximum Gasteiger partial charge on any atom is 0.308 e. The lowest BCUT2D eigenvalue weighted by molar-refractivity contribution is -0.150. The summed E-state index contributed by atoms with van der Waals surface area (Å²) in [6.07, 6.45) is 12.4. The van der Waals surface area contributed by atoms with Gasteiger partial charge in [-0.05, 0) is 115 Å². The van der Waals surface area contributed by atoms with Gasteiger partial charge in [0.05, 0.1) is 13.0 Å². The zero-order valence-corrected chi connectivity index (χ0v) is 15.7. The summed E-state index contributed by atoms with van der Waals surface area (Å²) in [5.41, 5.74) is 0. The van der Waals surface area contributed by atoms with E-state index in [9.17, 15) is 4.79 Å². The average molecular weight is 351 g/mol. The van der Waals surface area contributed by atoms with Crippen LogP contribution in [-0.4, -0.2) is 13.1 Å². The van der Waals surface area contributed by atoms with Crippen molar-refractivity contribution < 1.29 is 9.53 Å². The summed E-state index contributed by atoms with van der Waals surface area (Å²) in [5, 5.41) is 0. The largest absolute Gasteiger partial charge is 0.469 e. The van der Waals surface area contributed by atoms with Crippen LogP contribution in [0.4, 0.5) is 0 Å². The van der Waals surface area contributed by atoms with Gasteiger partial charge in [0.15, 0.2) is 0 Å². The number of fused-ring (bicyclic) bond motifs is 23. The van der Waals surface area contributed by atoms with E-state index >= 15 is 0 Å². The van der Waals surface area contributed by atoms with E-state index in [1.807, 2.05) is 0 Å². The fourth-order valence-corrected chi connectivity index (χ4v) is 11.9. The summed E-state index contributed by atoms with van der Waals surface area (Å²) >= 11 is 0. The Labute approximate surface area is 156 Å². The van der Waals surface area contributed by atoms with Crippen LogP contribution >= 0.6 is 0 Å². The molecule has 0 heterocycles. The zero-order chi connectivity index (χ0) is 16.9. The molecule has 0 aromatic carbocycles. The molecule has 138 valence electrons. The Bertz CT molecular complexity index is 740. The van der Waals surface area contributed by atoms with E-state index in [1.165, 1.54) is 12.8 Å². The molecule has 2 heteroatoms. The molecule has 26 heavy (non-hydrogen) atoms. The first-order chi connectivity index (χ1) is 12.8. The minimum Gasteiger partial charge on any atom is -0.469 e. The molecule has 8 rings (SSSR count). The normalized spacial score (nSPS) is 69.3. The van der Waals surface area contributed by atoms with Gasteiger partial charge in [-0.2, -0.15) is 0 Å². The highest BCUT2D eigenvalue weighted by Gasteiger charge is 2.76. The minimum absolute atomic E-state index is 0.113. The number of carbonyl (C=O) groups excluding carboxylic acids is 1. The molecular weight excluding hydrogens is 320 g/mol. The number of rotatable bonds is 1. The Balaban J connectivity index is 1.17. The van der Waals surface area contributed by atoms with Crippen molar-refractivity contribution in [3.8, 4) is 0 Å². The van der Waals surface area contributed by atoms with Crippen LogP contribution in [0, 0.1) is 88.8 Å². The molecular formula is C24H30O2. The minimum atomic E-state index is 0.113. The van der Waals surface area contributed by atoms with Crippen molar-refractivity contribution in [3.05, 3.63) is 12.2 Å². The highest BCUT2D eigenvalue weighted by Crippen LogP contribution is 2.81. The van der Waals surface area contributed by atoms with Crippen molar-refractivity contribution in [2.45, 2.75) is 32.1 Å². The van der Waals surface area contributed by atoms with Crippen LogP contribution in [0.3, 0.4) is 0 Å². The van der Waals surface area contributed by atoms with Gasteiger partial charge in [0, 0.05) is 0 Å². The van der Waals surface area contributed by atoms with Crippen molar-refractivity contribution >= 4 is 5.97 Å². The summed E-state index contributed by atoms with van der Waals surface area (Å²) in [6, 6.07) is 0. The number of carbonyl (C=O) groups is 1. The fourth-order valence-electron chi connectivity index (χ4n) is 11.9. The van der Waals surface area contributed by atoms with E-state index in [4.69, 9.17) is 4.74 Å².